The van der Waals surface area contributed by atoms with E-state index in [0.717, 1.165) is 11.3 Å². The first kappa shape index (κ1) is 17.5. The summed E-state index contributed by atoms with van der Waals surface area (Å²) in [7, 11) is 0. The zero-order chi connectivity index (χ0) is 16.0. The molecule has 0 aliphatic carbocycles. The zero-order valence-electron chi connectivity index (χ0n) is 13.1. The van der Waals surface area contributed by atoms with E-state index in [1.807, 2.05) is 26.8 Å². The van der Waals surface area contributed by atoms with Crippen molar-refractivity contribution in [2.45, 2.75) is 52.6 Å². The van der Waals surface area contributed by atoms with Gasteiger partial charge in [-0.3, -0.25) is 4.79 Å². The summed E-state index contributed by atoms with van der Waals surface area (Å²) >= 11 is 1.68. The second-order valence-electron chi connectivity index (χ2n) is 5.85. The van der Waals surface area contributed by atoms with Crippen LogP contribution >= 0.6 is 11.3 Å². The number of aryl methyl sites for hydroxylation is 1. The van der Waals surface area contributed by atoms with Crippen molar-refractivity contribution in [3.63, 3.8) is 0 Å². The summed E-state index contributed by atoms with van der Waals surface area (Å²) in [5.41, 5.74) is -0.413. The number of carbonyl (C=O) groups is 2. The van der Waals surface area contributed by atoms with Crippen molar-refractivity contribution in [3.8, 4) is 0 Å². The van der Waals surface area contributed by atoms with Crippen molar-refractivity contribution in [1.29, 1.82) is 0 Å². The van der Waals surface area contributed by atoms with Gasteiger partial charge in [-0.15, -0.1) is 11.3 Å². The van der Waals surface area contributed by atoms with Crippen LogP contribution in [0.3, 0.4) is 0 Å². The van der Waals surface area contributed by atoms with Crippen molar-refractivity contribution >= 4 is 23.3 Å². The Morgan fingerprint density at radius 2 is 1.90 bits per heavy atom. The predicted octanol–water partition coefficient (Wildman–Crippen LogP) is 3.10. The summed E-state index contributed by atoms with van der Waals surface area (Å²) in [4.78, 5) is 26.9. The highest BCUT2D eigenvalue weighted by molar-refractivity contribution is 7.11. The number of urea groups is 1. The molecule has 0 radical (unpaired) electrons. The first-order valence-electron chi connectivity index (χ1n) is 7.09. The van der Waals surface area contributed by atoms with Crippen LogP contribution in [-0.4, -0.2) is 34.1 Å². The highest BCUT2D eigenvalue weighted by atomic mass is 32.1. The minimum Gasteiger partial charge on any atom is -0.481 e. The third-order valence-corrected chi connectivity index (χ3v) is 4.31. The summed E-state index contributed by atoms with van der Waals surface area (Å²) < 4.78 is 0. The Labute approximate surface area is 130 Å². The molecule has 21 heavy (non-hydrogen) atoms. The van der Waals surface area contributed by atoms with Crippen LogP contribution in [0.1, 0.15) is 43.9 Å². The van der Waals surface area contributed by atoms with Crippen molar-refractivity contribution in [2.24, 2.45) is 0 Å². The van der Waals surface area contributed by atoms with E-state index in [1.165, 1.54) is 4.88 Å². The summed E-state index contributed by atoms with van der Waals surface area (Å²) in [6.45, 7) is 8.47. The summed E-state index contributed by atoms with van der Waals surface area (Å²) in [6.07, 6.45) is 0.939. The first-order chi connectivity index (χ1) is 9.74. The number of rotatable bonds is 6. The van der Waals surface area contributed by atoms with E-state index >= 15 is 0 Å². The molecule has 118 valence electrons. The van der Waals surface area contributed by atoms with Gasteiger partial charge < -0.3 is 15.3 Å². The monoisotopic (exact) mass is 312 g/mol. The van der Waals surface area contributed by atoms with Gasteiger partial charge in [0.05, 0.1) is 13.0 Å². The molecule has 0 bridgehead atoms. The Kier molecular flexibility index (Phi) is 6.20. The number of hydrogen-bond acceptors (Lipinski definition) is 3. The predicted molar refractivity (Wildman–Crippen MR) is 84.6 cm³/mol. The molecule has 0 fully saturated rings. The minimum atomic E-state index is -0.900. The van der Waals surface area contributed by atoms with E-state index in [9.17, 15) is 9.59 Å². The molecule has 1 rings (SSSR count). The Morgan fingerprint density at radius 1 is 1.29 bits per heavy atom. The van der Waals surface area contributed by atoms with Gasteiger partial charge in [-0.2, -0.15) is 0 Å². The molecule has 0 saturated carbocycles. The molecule has 0 spiro atoms. The van der Waals surface area contributed by atoms with Gasteiger partial charge in [-0.25, -0.2) is 4.79 Å². The van der Waals surface area contributed by atoms with E-state index in [0.29, 0.717) is 6.54 Å². The third-order valence-electron chi connectivity index (χ3n) is 3.08. The van der Waals surface area contributed by atoms with Crippen LogP contribution in [0.2, 0.25) is 0 Å². The lowest BCUT2D eigenvalue weighted by Crippen LogP contribution is -2.50. The average Bonchev–Trinajstić information content (AvgIpc) is 2.82. The molecule has 5 nitrogen and oxygen atoms in total. The third kappa shape index (κ3) is 5.75. The standard InChI is InChI=1S/C15H24N2O3S/c1-5-11-6-7-12(21-11)10-16-14(20)17(15(2,3)4)9-8-13(18)19/h6-7H,5,8-10H2,1-4H3,(H,16,20)(H,18,19). The molecule has 0 atom stereocenters. The zero-order valence-corrected chi connectivity index (χ0v) is 13.9. The van der Waals surface area contributed by atoms with Gasteiger partial charge >= 0.3 is 12.0 Å². The van der Waals surface area contributed by atoms with Gasteiger partial charge in [0.25, 0.3) is 0 Å². The fraction of sp³-hybridized carbons (Fsp3) is 0.600. The van der Waals surface area contributed by atoms with Gasteiger partial charge in [0.2, 0.25) is 0 Å². The van der Waals surface area contributed by atoms with Gasteiger partial charge in [-0.1, -0.05) is 6.92 Å². The van der Waals surface area contributed by atoms with E-state index in [1.54, 1.807) is 16.2 Å². The largest absolute Gasteiger partial charge is 0.481 e. The van der Waals surface area contributed by atoms with Crippen LogP contribution in [-0.2, 0) is 17.8 Å². The number of nitrogens with zero attached hydrogens (tertiary/aromatic N) is 1. The van der Waals surface area contributed by atoms with Crippen LogP contribution < -0.4 is 5.32 Å². The number of hydrogen-bond donors (Lipinski definition) is 2. The molecule has 0 aromatic carbocycles. The van der Waals surface area contributed by atoms with Crippen molar-refractivity contribution in [2.75, 3.05) is 6.54 Å². The van der Waals surface area contributed by atoms with Crippen LogP contribution in [0, 0.1) is 0 Å². The summed E-state index contributed by atoms with van der Waals surface area (Å²) in [6, 6.07) is 3.86. The fourth-order valence-electron chi connectivity index (χ4n) is 1.91. The molecule has 1 heterocycles. The smallest absolute Gasteiger partial charge is 0.318 e. The van der Waals surface area contributed by atoms with Crippen LogP contribution in [0.4, 0.5) is 4.79 Å². The number of carboxylic acids is 1. The van der Waals surface area contributed by atoms with Gasteiger partial charge in [0.1, 0.15) is 0 Å². The van der Waals surface area contributed by atoms with Gasteiger partial charge in [0, 0.05) is 21.8 Å². The van der Waals surface area contributed by atoms with Crippen molar-refractivity contribution < 1.29 is 14.7 Å². The molecule has 0 aliphatic rings. The molecule has 2 amide bonds. The van der Waals surface area contributed by atoms with Crippen molar-refractivity contribution in [1.82, 2.24) is 10.2 Å². The molecule has 1 aromatic rings. The molecule has 0 unspecified atom stereocenters. The second-order valence-corrected chi connectivity index (χ2v) is 7.10. The average molecular weight is 312 g/mol. The minimum absolute atomic E-state index is 0.0519. The van der Waals surface area contributed by atoms with E-state index in [4.69, 9.17) is 5.11 Å². The van der Waals surface area contributed by atoms with Crippen LogP contribution in [0.15, 0.2) is 12.1 Å². The Hall–Kier alpha value is -1.56. The Morgan fingerprint density at radius 3 is 2.38 bits per heavy atom. The molecule has 6 heteroatoms. The number of thiophene rings is 1. The normalized spacial score (nSPS) is 11.2. The highest BCUT2D eigenvalue weighted by Crippen LogP contribution is 2.18. The number of nitrogens with one attached hydrogen (secondary N) is 1. The second kappa shape index (κ2) is 7.45. The topological polar surface area (TPSA) is 69.6 Å². The fourth-order valence-corrected chi connectivity index (χ4v) is 2.81. The van der Waals surface area contributed by atoms with E-state index in [-0.39, 0.29) is 19.0 Å². The SMILES string of the molecule is CCc1ccc(CNC(=O)N(CCC(=O)O)C(C)(C)C)s1. The Balaban J connectivity index is 2.61. The number of aliphatic carboxylic acids is 1. The molecule has 1 aromatic heterocycles. The number of carbonyl (C=O) groups excluding carboxylic acids is 1. The Bertz CT molecular complexity index is 491. The molecule has 2 N–H and O–H groups in total. The quantitative estimate of drug-likeness (QED) is 0.848. The lowest BCUT2D eigenvalue weighted by atomic mass is 10.1. The lowest BCUT2D eigenvalue weighted by molar-refractivity contribution is -0.137. The lowest BCUT2D eigenvalue weighted by Gasteiger charge is -2.35. The number of carboxylic acid groups (broad SMARTS) is 1. The van der Waals surface area contributed by atoms with Crippen LogP contribution in [0.5, 0.6) is 0 Å². The van der Waals surface area contributed by atoms with Gasteiger partial charge in [-0.05, 0) is 39.3 Å². The van der Waals surface area contributed by atoms with Gasteiger partial charge in [0.15, 0.2) is 0 Å². The molecule has 0 saturated heterocycles. The van der Waals surface area contributed by atoms with Crippen molar-refractivity contribution in [3.05, 3.63) is 21.9 Å². The van der Waals surface area contributed by atoms with E-state index < -0.39 is 11.5 Å². The maximum absolute atomic E-state index is 12.3. The molecular weight excluding hydrogens is 288 g/mol. The van der Waals surface area contributed by atoms with Crippen LogP contribution in [0.25, 0.3) is 0 Å². The first-order valence-corrected chi connectivity index (χ1v) is 7.90. The summed E-state index contributed by atoms with van der Waals surface area (Å²) in [5, 5.41) is 11.7. The maximum atomic E-state index is 12.3. The van der Waals surface area contributed by atoms with E-state index in [2.05, 4.69) is 18.3 Å². The highest BCUT2D eigenvalue weighted by Gasteiger charge is 2.26. The summed E-state index contributed by atoms with van der Waals surface area (Å²) in [5.74, 6) is -0.900. The maximum Gasteiger partial charge on any atom is 0.318 e. The number of amides is 2. The molecular formula is C15H24N2O3S. The molecule has 0 aliphatic heterocycles.